The van der Waals surface area contributed by atoms with Gasteiger partial charge in [0.15, 0.2) is 0 Å². The van der Waals surface area contributed by atoms with Gasteiger partial charge in [0, 0.05) is 32.9 Å². The second-order valence-corrected chi connectivity index (χ2v) is 6.16. The van der Waals surface area contributed by atoms with Crippen LogP contribution >= 0.6 is 0 Å². The Labute approximate surface area is 122 Å². The second kappa shape index (κ2) is 7.23. The van der Waals surface area contributed by atoms with Crippen LogP contribution in [0.4, 0.5) is 0 Å². The highest BCUT2D eigenvalue weighted by atomic mass is 16.5. The van der Waals surface area contributed by atoms with Gasteiger partial charge in [-0.2, -0.15) is 5.10 Å². The molecule has 1 N–H and O–H groups in total. The Hall–Kier alpha value is -0.870. The molecule has 1 aromatic heterocycles. The molecule has 1 saturated carbocycles. The average molecular weight is 279 g/mol. The number of rotatable bonds is 8. The number of nitrogens with one attached hydrogen (secondary N) is 1. The summed E-state index contributed by atoms with van der Waals surface area (Å²) in [4.78, 5) is 0. The second-order valence-electron chi connectivity index (χ2n) is 6.16. The van der Waals surface area contributed by atoms with Gasteiger partial charge in [0.25, 0.3) is 0 Å². The zero-order chi connectivity index (χ0) is 14.4. The summed E-state index contributed by atoms with van der Waals surface area (Å²) in [7, 11) is 3.84. The van der Waals surface area contributed by atoms with Crippen LogP contribution in [-0.2, 0) is 24.6 Å². The number of nitrogens with zero attached hydrogens (tertiary/aromatic N) is 2. The maximum atomic E-state index is 5.12. The first-order valence-corrected chi connectivity index (χ1v) is 7.90. The molecule has 4 nitrogen and oxygen atoms in total. The zero-order valence-corrected chi connectivity index (χ0v) is 13.2. The molecule has 4 heteroatoms. The van der Waals surface area contributed by atoms with Gasteiger partial charge in [-0.05, 0) is 37.2 Å². The zero-order valence-electron chi connectivity index (χ0n) is 13.2. The maximum Gasteiger partial charge on any atom is 0.0624 e. The molecule has 0 bridgehead atoms. The van der Waals surface area contributed by atoms with Crippen molar-refractivity contribution in [2.75, 3.05) is 26.8 Å². The molecule has 1 aromatic rings. The van der Waals surface area contributed by atoms with Crippen LogP contribution in [0, 0.1) is 5.41 Å². The molecular weight excluding hydrogens is 250 g/mol. The number of methoxy groups -OCH3 is 1. The number of hydrogen-bond acceptors (Lipinski definition) is 3. The minimum absolute atomic E-state index is 0.423. The molecule has 0 aromatic carbocycles. The Morgan fingerprint density at radius 1 is 1.40 bits per heavy atom. The van der Waals surface area contributed by atoms with Crippen molar-refractivity contribution >= 4 is 0 Å². The third kappa shape index (κ3) is 3.83. The van der Waals surface area contributed by atoms with Crippen LogP contribution in [0.15, 0.2) is 6.07 Å². The van der Waals surface area contributed by atoms with E-state index >= 15 is 0 Å². The first kappa shape index (κ1) is 15.5. The summed E-state index contributed by atoms with van der Waals surface area (Å²) in [6, 6.07) is 2.29. The summed E-state index contributed by atoms with van der Waals surface area (Å²) in [6.45, 7) is 5.01. The summed E-state index contributed by atoms with van der Waals surface area (Å²) in [5.74, 6) is 0. The van der Waals surface area contributed by atoms with Crippen LogP contribution < -0.4 is 5.32 Å². The minimum Gasteiger partial charge on any atom is -0.383 e. The first-order valence-electron chi connectivity index (χ1n) is 7.90. The lowest BCUT2D eigenvalue weighted by Gasteiger charge is -2.29. The molecule has 1 fully saturated rings. The Kier molecular flexibility index (Phi) is 5.61. The first-order chi connectivity index (χ1) is 9.69. The molecule has 0 radical (unpaired) electrons. The predicted octanol–water partition coefficient (Wildman–Crippen LogP) is 2.32. The smallest absolute Gasteiger partial charge is 0.0624 e. The number of hydrogen-bond donors (Lipinski definition) is 1. The number of ether oxygens (including phenoxy) is 1. The van der Waals surface area contributed by atoms with Gasteiger partial charge in [-0.3, -0.25) is 4.68 Å². The third-order valence-corrected chi connectivity index (χ3v) is 4.59. The highest BCUT2D eigenvalue weighted by Crippen LogP contribution is 2.40. The van der Waals surface area contributed by atoms with Gasteiger partial charge in [0.2, 0.25) is 0 Å². The van der Waals surface area contributed by atoms with E-state index in [0.29, 0.717) is 5.41 Å². The van der Waals surface area contributed by atoms with E-state index in [1.54, 1.807) is 7.11 Å². The van der Waals surface area contributed by atoms with Crippen molar-refractivity contribution in [3.63, 3.8) is 0 Å². The minimum atomic E-state index is 0.423. The summed E-state index contributed by atoms with van der Waals surface area (Å²) < 4.78 is 7.20. The normalized spacial score (nSPS) is 17.8. The van der Waals surface area contributed by atoms with Gasteiger partial charge < -0.3 is 10.1 Å². The van der Waals surface area contributed by atoms with Crippen molar-refractivity contribution in [3.8, 4) is 0 Å². The van der Waals surface area contributed by atoms with E-state index in [0.717, 1.165) is 32.5 Å². The lowest BCUT2D eigenvalue weighted by Crippen LogP contribution is -2.36. The fraction of sp³-hybridized carbons (Fsp3) is 0.812. The van der Waals surface area contributed by atoms with Crippen LogP contribution in [0.1, 0.15) is 44.0 Å². The quantitative estimate of drug-likeness (QED) is 0.742. The molecule has 2 rings (SSSR count). The Bertz CT molecular complexity index is 408. The van der Waals surface area contributed by atoms with E-state index in [1.807, 2.05) is 0 Å². The Morgan fingerprint density at radius 3 is 2.75 bits per heavy atom. The highest BCUT2D eigenvalue weighted by Gasteiger charge is 2.34. The molecule has 0 amide bonds. The number of aryl methyl sites for hydroxylation is 2. The van der Waals surface area contributed by atoms with Gasteiger partial charge in [-0.25, -0.2) is 0 Å². The maximum absolute atomic E-state index is 5.12. The van der Waals surface area contributed by atoms with E-state index in [9.17, 15) is 0 Å². The molecule has 1 aliphatic carbocycles. The SMILES string of the molecule is CCc1cc(CC2(CNCCOC)CCCC2)n(C)n1. The Morgan fingerprint density at radius 2 is 2.15 bits per heavy atom. The molecule has 0 spiro atoms. The molecule has 114 valence electrons. The lowest BCUT2D eigenvalue weighted by molar-refractivity contribution is 0.189. The number of aromatic nitrogens is 2. The van der Waals surface area contributed by atoms with Crippen molar-refractivity contribution < 1.29 is 4.74 Å². The van der Waals surface area contributed by atoms with Crippen LogP contribution in [0.3, 0.4) is 0 Å². The summed E-state index contributed by atoms with van der Waals surface area (Å²) >= 11 is 0. The van der Waals surface area contributed by atoms with Crippen molar-refractivity contribution in [1.29, 1.82) is 0 Å². The monoisotopic (exact) mass is 279 g/mol. The van der Waals surface area contributed by atoms with Gasteiger partial charge in [-0.1, -0.05) is 19.8 Å². The van der Waals surface area contributed by atoms with E-state index in [2.05, 4.69) is 35.1 Å². The fourth-order valence-electron chi connectivity index (χ4n) is 3.36. The molecule has 0 unspecified atom stereocenters. The van der Waals surface area contributed by atoms with E-state index in [1.165, 1.54) is 37.1 Å². The Balaban J connectivity index is 1.98. The van der Waals surface area contributed by atoms with Crippen LogP contribution in [0.5, 0.6) is 0 Å². The van der Waals surface area contributed by atoms with Gasteiger partial charge in [0.1, 0.15) is 0 Å². The van der Waals surface area contributed by atoms with E-state index in [-0.39, 0.29) is 0 Å². The average Bonchev–Trinajstić information content (AvgIpc) is 3.04. The predicted molar refractivity (Wildman–Crippen MR) is 81.9 cm³/mol. The summed E-state index contributed by atoms with van der Waals surface area (Å²) in [6.07, 6.45) is 7.57. The van der Waals surface area contributed by atoms with Crippen LogP contribution in [-0.4, -0.2) is 36.6 Å². The topological polar surface area (TPSA) is 39.1 Å². The van der Waals surface area contributed by atoms with Crippen LogP contribution in [0.25, 0.3) is 0 Å². The fourth-order valence-corrected chi connectivity index (χ4v) is 3.36. The lowest BCUT2D eigenvalue weighted by atomic mass is 9.81. The molecule has 0 aliphatic heterocycles. The van der Waals surface area contributed by atoms with E-state index in [4.69, 9.17) is 4.74 Å². The van der Waals surface area contributed by atoms with Crippen molar-refractivity contribution in [2.45, 2.75) is 45.4 Å². The van der Waals surface area contributed by atoms with Crippen molar-refractivity contribution in [1.82, 2.24) is 15.1 Å². The molecule has 20 heavy (non-hydrogen) atoms. The third-order valence-electron chi connectivity index (χ3n) is 4.59. The summed E-state index contributed by atoms with van der Waals surface area (Å²) in [5, 5.41) is 8.16. The molecule has 0 saturated heterocycles. The van der Waals surface area contributed by atoms with Crippen molar-refractivity contribution in [3.05, 3.63) is 17.5 Å². The van der Waals surface area contributed by atoms with Gasteiger partial charge in [-0.15, -0.1) is 0 Å². The van der Waals surface area contributed by atoms with Gasteiger partial charge >= 0.3 is 0 Å². The molecule has 1 aliphatic rings. The highest BCUT2D eigenvalue weighted by molar-refractivity contribution is 5.13. The largest absolute Gasteiger partial charge is 0.383 e. The van der Waals surface area contributed by atoms with Crippen LogP contribution in [0.2, 0.25) is 0 Å². The standard InChI is InChI=1S/C16H29N3O/c1-4-14-11-15(19(2)18-14)12-16(7-5-6-8-16)13-17-9-10-20-3/h11,17H,4-10,12-13H2,1-3H3. The van der Waals surface area contributed by atoms with Crippen molar-refractivity contribution in [2.24, 2.45) is 12.5 Å². The van der Waals surface area contributed by atoms with E-state index < -0.39 is 0 Å². The summed E-state index contributed by atoms with van der Waals surface area (Å²) in [5.41, 5.74) is 3.02. The molecular formula is C16H29N3O. The molecule has 0 atom stereocenters. The van der Waals surface area contributed by atoms with Gasteiger partial charge in [0.05, 0.1) is 12.3 Å². The molecule has 1 heterocycles.